The average Bonchev–Trinajstić information content (AvgIpc) is 2.99. The molecular formula is C16H22N2O2S. The van der Waals surface area contributed by atoms with E-state index in [0.29, 0.717) is 11.4 Å². The highest BCUT2D eigenvalue weighted by molar-refractivity contribution is 7.89. The van der Waals surface area contributed by atoms with Gasteiger partial charge in [0, 0.05) is 18.7 Å². The Bertz CT molecular complexity index is 665. The van der Waals surface area contributed by atoms with Crippen LogP contribution in [0.5, 0.6) is 0 Å². The summed E-state index contributed by atoms with van der Waals surface area (Å²) in [5, 5.41) is 0. The third-order valence-electron chi connectivity index (χ3n) is 4.04. The van der Waals surface area contributed by atoms with Gasteiger partial charge in [0.05, 0.1) is 11.4 Å². The number of sulfonamides is 1. The summed E-state index contributed by atoms with van der Waals surface area (Å²) in [6.07, 6.45) is 4.12. The highest BCUT2D eigenvalue weighted by Crippen LogP contribution is 2.27. The van der Waals surface area contributed by atoms with Crippen molar-refractivity contribution in [3.63, 3.8) is 0 Å². The molecule has 1 fully saturated rings. The molecule has 0 unspecified atom stereocenters. The van der Waals surface area contributed by atoms with Crippen molar-refractivity contribution in [1.29, 1.82) is 0 Å². The van der Waals surface area contributed by atoms with Crippen molar-refractivity contribution in [2.75, 3.05) is 13.6 Å². The van der Waals surface area contributed by atoms with E-state index < -0.39 is 10.0 Å². The summed E-state index contributed by atoms with van der Waals surface area (Å²) in [7, 11) is -1.74. The Labute approximate surface area is 127 Å². The number of hydrogen-bond donors (Lipinski definition) is 1. The van der Waals surface area contributed by atoms with Gasteiger partial charge < -0.3 is 5.73 Å². The van der Waals surface area contributed by atoms with Crippen LogP contribution in [0.2, 0.25) is 0 Å². The standard InChI is InChI=1S/C16H22N2O2S/c1-13-12-16(10-9-14(13)6-5-11-17)21(19,20)18(2)15-7-3-4-8-15/h9-10,12,15H,3-4,7-8,11,17H2,1-2H3. The number of aryl methyl sites for hydroxylation is 1. The zero-order chi connectivity index (χ0) is 15.5. The Balaban J connectivity index is 2.30. The zero-order valence-electron chi connectivity index (χ0n) is 12.6. The van der Waals surface area contributed by atoms with Crippen molar-refractivity contribution in [1.82, 2.24) is 4.31 Å². The third kappa shape index (κ3) is 3.46. The van der Waals surface area contributed by atoms with Crippen molar-refractivity contribution in [2.45, 2.75) is 43.5 Å². The minimum atomic E-state index is -3.42. The van der Waals surface area contributed by atoms with Crippen molar-refractivity contribution < 1.29 is 8.42 Å². The molecule has 2 rings (SSSR count). The Hall–Kier alpha value is -1.35. The number of rotatable bonds is 3. The fourth-order valence-electron chi connectivity index (χ4n) is 2.71. The molecule has 0 radical (unpaired) electrons. The van der Waals surface area contributed by atoms with Crippen LogP contribution in [-0.4, -0.2) is 32.4 Å². The molecule has 21 heavy (non-hydrogen) atoms. The predicted octanol–water partition coefficient (Wildman–Crippen LogP) is 1.87. The Morgan fingerprint density at radius 2 is 2.00 bits per heavy atom. The molecule has 0 spiro atoms. The summed E-state index contributed by atoms with van der Waals surface area (Å²) in [4.78, 5) is 0.340. The second-order valence-corrected chi connectivity index (χ2v) is 7.44. The molecule has 1 aromatic rings. The maximum Gasteiger partial charge on any atom is 0.243 e. The van der Waals surface area contributed by atoms with E-state index in [1.165, 1.54) is 4.31 Å². The van der Waals surface area contributed by atoms with Gasteiger partial charge in [0.15, 0.2) is 0 Å². The van der Waals surface area contributed by atoms with E-state index in [1.54, 1.807) is 25.2 Å². The summed E-state index contributed by atoms with van der Waals surface area (Å²) >= 11 is 0. The fraction of sp³-hybridized carbons (Fsp3) is 0.500. The van der Waals surface area contributed by atoms with Gasteiger partial charge in [-0.15, -0.1) is 0 Å². The summed E-state index contributed by atoms with van der Waals surface area (Å²) in [5.41, 5.74) is 7.04. The van der Waals surface area contributed by atoms with Crippen molar-refractivity contribution in [2.24, 2.45) is 5.73 Å². The molecule has 114 valence electrons. The van der Waals surface area contributed by atoms with E-state index >= 15 is 0 Å². The van der Waals surface area contributed by atoms with E-state index in [0.717, 1.165) is 36.8 Å². The summed E-state index contributed by atoms with van der Waals surface area (Å²) in [6.45, 7) is 2.17. The number of hydrogen-bond acceptors (Lipinski definition) is 3. The number of nitrogens with zero attached hydrogens (tertiary/aromatic N) is 1. The molecule has 0 saturated heterocycles. The van der Waals surface area contributed by atoms with Crippen molar-refractivity contribution >= 4 is 10.0 Å². The maximum atomic E-state index is 12.7. The van der Waals surface area contributed by atoms with E-state index in [9.17, 15) is 8.42 Å². The van der Waals surface area contributed by atoms with Gasteiger partial charge >= 0.3 is 0 Å². The Kier molecular flexibility index (Phi) is 5.04. The van der Waals surface area contributed by atoms with Crippen LogP contribution in [0.4, 0.5) is 0 Å². The average molecular weight is 306 g/mol. The molecule has 5 heteroatoms. The lowest BCUT2D eigenvalue weighted by atomic mass is 10.1. The van der Waals surface area contributed by atoms with Gasteiger partial charge in [-0.1, -0.05) is 24.7 Å². The summed E-state index contributed by atoms with van der Waals surface area (Å²) in [5.74, 6) is 5.74. The SMILES string of the molecule is Cc1cc(S(=O)(=O)N(C)C2CCCC2)ccc1C#CCN. The quantitative estimate of drug-likeness (QED) is 0.867. The monoisotopic (exact) mass is 306 g/mol. The van der Waals surface area contributed by atoms with Crippen LogP contribution in [0.1, 0.15) is 36.8 Å². The summed E-state index contributed by atoms with van der Waals surface area (Å²) in [6, 6.07) is 5.22. The molecule has 1 aliphatic rings. The second kappa shape index (κ2) is 6.61. The molecule has 0 atom stereocenters. The van der Waals surface area contributed by atoms with Gasteiger partial charge in [-0.05, 0) is 43.5 Å². The Morgan fingerprint density at radius 1 is 1.33 bits per heavy atom. The molecule has 1 aliphatic carbocycles. The lowest BCUT2D eigenvalue weighted by molar-refractivity contribution is 0.373. The van der Waals surface area contributed by atoms with Gasteiger partial charge in [-0.2, -0.15) is 4.31 Å². The van der Waals surface area contributed by atoms with Crippen LogP contribution in [-0.2, 0) is 10.0 Å². The minimum Gasteiger partial charge on any atom is -0.320 e. The topological polar surface area (TPSA) is 63.4 Å². The van der Waals surface area contributed by atoms with Crippen LogP contribution < -0.4 is 5.73 Å². The van der Waals surface area contributed by atoms with Crippen LogP contribution in [0, 0.1) is 18.8 Å². The normalized spacial score (nSPS) is 16.0. The fourth-order valence-corrected chi connectivity index (χ4v) is 4.22. The lowest BCUT2D eigenvalue weighted by Gasteiger charge is -2.23. The largest absolute Gasteiger partial charge is 0.320 e. The van der Waals surface area contributed by atoms with E-state index in [-0.39, 0.29) is 6.04 Å². The van der Waals surface area contributed by atoms with Gasteiger partial charge in [-0.25, -0.2) is 8.42 Å². The first-order valence-corrected chi connectivity index (χ1v) is 8.68. The smallest absolute Gasteiger partial charge is 0.243 e. The molecule has 0 amide bonds. The molecule has 4 nitrogen and oxygen atoms in total. The van der Waals surface area contributed by atoms with E-state index in [1.807, 2.05) is 6.92 Å². The van der Waals surface area contributed by atoms with Gasteiger partial charge in [0.1, 0.15) is 0 Å². The maximum absolute atomic E-state index is 12.7. The molecule has 1 saturated carbocycles. The summed E-state index contributed by atoms with van der Waals surface area (Å²) < 4.78 is 26.9. The van der Waals surface area contributed by atoms with Crippen LogP contribution in [0.3, 0.4) is 0 Å². The zero-order valence-corrected chi connectivity index (χ0v) is 13.4. The van der Waals surface area contributed by atoms with Gasteiger partial charge in [0.25, 0.3) is 0 Å². The number of nitrogens with two attached hydrogens (primary N) is 1. The first-order valence-electron chi connectivity index (χ1n) is 7.24. The van der Waals surface area contributed by atoms with Gasteiger partial charge in [-0.3, -0.25) is 0 Å². The van der Waals surface area contributed by atoms with Crippen molar-refractivity contribution in [3.8, 4) is 11.8 Å². The molecule has 2 N–H and O–H groups in total. The minimum absolute atomic E-state index is 0.131. The molecule has 1 aromatic carbocycles. The highest BCUT2D eigenvalue weighted by Gasteiger charge is 2.30. The lowest BCUT2D eigenvalue weighted by Crippen LogP contribution is -2.35. The van der Waals surface area contributed by atoms with Gasteiger partial charge in [0.2, 0.25) is 10.0 Å². The van der Waals surface area contributed by atoms with E-state index in [4.69, 9.17) is 5.73 Å². The van der Waals surface area contributed by atoms with Crippen LogP contribution in [0.15, 0.2) is 23.1 Å². The predicted molar refractivity (Wildman–Crippen MR) is 84.3 cm³/mol. The first kappa shape index (κ1) is 16.0. The third-order valence-corrected chi connectivity index (χ3v) is 5.94. The number of benzene rings is 1. The molecule has 0 bridgehead atoms. The highest BCUT2D eigenvalue weighted by atomic mass is 32.2. The Morgan fingerprint density at radius 3 is 2.57 bits per heavy atom. The molecule has 0 heterocycles. The van der Waals surface area contributed by atoms with Crippen molar-refractivity contribution in [3.05, 3.63) is 29.3 Å². The first-order chi connectivity index (χ1) is 9.96. The molecular weight excluding hydrogens is 284 g/mol. The molecule has 0 aliphatic heterocycles. The van der Waals surface area contributed by atoms with E-state index in [2.05, 4.69) is 11.8 Å². The second-order valence-electron chi connectivity index (χ2n) is 5.44. The molecule has 0 aromatic heterocycles. The van der Waals surface area contributed by atoms with Crippen LogP contribution in [0.25, 0.3) is 0 Å². The van der Waals surface area contributed by atoms with Crippen LogP contribution >= 0.6 is 0 Å².